The van der Waals surface area contributed by atoms with Gasteiger partial charge in [0.05, 0.1) is 6.67 Å². The molecule has 4 unspecified atom stereocenters. The van der Waals surface area contributed by atoms with Crippen molar-refractivity contribution in [1.29, 1.82) is 0 Å². The van der Waals surface area contributed by atoms with Gasteiger partial charge in [-0.2, -0.15) is 0 Å². The molecule has 4 atom stereocenters. The highest BCUT2D eigenvalue weighted by Crippen LogP contribution is 2.40. The van der Waals surface area contributed by atoms with E-state index in [2.05, 4.69) is 61.1 Å². The van der Waals surface area contributed by atoms with E-state index in [-0.39, 0.29) is 0 Å². The molecule has 4 heteroatoms. The second kappa shape index (κ2) is 5.17. The monoisotopic (exact) mass is 320 g/mol. The Morgan fingerprint density at radius 3 is 1.70 bits per heavy atom. The summed E-state index contributed by atoms with van der Waals surface area (Å²) in [6.07, 6.45) is 2.86. The Hall–Kier alpha value is -0.160. The van der Waals surface area contributed by atoms with Crippen molar-refractivity contribution in [1.82, 2.24) is 19.6 Å². The highest BCUT2D eigenvalue weighted by atomic mass is 15.5. The van der Waals surface area contributed by atoms with E-state index in [1.54, 1.807) is 0 Å². The molecular formula is C19H36N4. The van der Waals surface area contributed by atoms with Gasteiger partial charge in [-0.05, 0) is 54.4 Å². The lowest BCUT2D eigenvalue weighted by atomic mass is 9.81. The van der Waals surface area contributed by atoms with Crippen LogP contribution in [0.4, 0.5) is 0 Å². The Bertz CT molecular complexity index is 439. The Labute approximate surface area is 142 Å². The predicted molar refractivity (Wildman–Crippen MR) is 95.6 cm³/mol. The molecule has 0 aromatic heterocycles. The first kappa shape index (κ1) is 16.3. The first-order valence-corrected chi connectivity index (χ1v) is 9.64. The minimum atomic E-state index is 0.336. The largest absolute Gasteiger partial charge is 0.295 e. The molecule has 0 N–H and O–H groups in total. The summed E-state index contributed by atoms with van der Waals surface area (Å²) in [7, 11) is 0. The lowest BCUT2D eigenvalue weighted by molar-refractivity contribution is -0.159. The van der Waals surface area contributed by atoms with Crippen molar-refractivity contribution in [3.8, 4) is 0 Å². The first-order valence-electron chi connectivity index (χ1n) is 9.64. The Morgan fingerprint density at radius 2 is 1.22 bits per heavy atom. The highest BCUT2D eigenvalue weighted by molar-refractivity contribution is 5.07. The van der Waals surface area contributed by atoms with Crippen LogP contribution in [0, 0.1) is 0 Å². The predicted octanol–water partition coefficient (Wildman–Crippen LogP) is 2.06. The molecule has 0 aromatic carbocycles. The third kappa shape index (κ3) is 2.76. The van der Waals surface area contributed by atoms with Crippen molar-refractivity contribution < 1.29 is 0 Å². The Balaban J connectivity index is 1.31. The molecule has 0 saturated carbocycles. The van der Waals surface area contributed by atoms with Crippen molar-refractivity contribution in [2.75, 3.05) is 32.8 Å². The molecule has 6 rings (SSSR count). The van der Waals surface area contributed by atoms with Gasteiger partial charge in [0.1, 0.15) is 0 Å². The van der Waals surface area contributed by atoms with Crippen LogP contribution in [0.2, 0.25) is 0 Å². The lowest BCUT2D eigenvalue weighted by Crippen LogP contribution is -2.76. The minimum Gasteiger partial charge on any atom is -0.295 e. The van der Waals surface area contributed by atoms with Crippen molar-refractivity contribution in [2.24, 2.45) is 0 Å². The zero-order valence-electron chi connectivity index (χ0n) is 16.0. The van der Waals surface area contributed by atoms with Gasteiger partial charge in [-0.3, -0.25) is 19.6 Å². The van der Waals surface area contributed by atoms with Crippen LogP contribution in [-0.4, -0.2) is 87.7 Å². The van der Waals surface area contributed by atoms with Gasteiger partial charge in [0.2, 0.25) is 0 Å². The number of hydrogen-bond acceptors (Lipinski definition) is 4. The topological polar surface area (TPSA) is 13.0 Å². The molecule has 4 nitrogen and oxygen atoms in total. The number of hydrogen-bond donors (Lipinski definition) is 0. The fourth-order valence-electron chi connectivity index (χ4n) is 5.60. The van der Waals surface area contributed by atoms with Crippen LogP contribution in [0.3, 0.4) is 0 Å². The van der Waals surface area contributed by atoms with Gasteiger partial charge in [0.15, 0.2) is 0 Å². The van der Waals surface area contributed by atoms with Gasteiger partial charge in [0.25, 0.3) is 0 Å². The summed E-state index contributed by atoms with van der Waals surface area (Å²) in [6, 6.07) is 3.23. The van der Waals surface area contributed by atoms with Crippen molar-refractivity contribution in [3.05, 3.63) is 0 Å². The Morgan fingerprint density at radius 1 is 0.696 bits per heavy atom. The smallest absolute Gasteiger partial charge is 0.0514 e. The summed E-state index contributed by atoms with van der Waals surface area (Å²) in [5, 5.41) is 0. The van der Waals surface area contributed by atoms with Crippen LogP contribution in [0.5, 0.6) is 0 Å². The summed E-state index contributed by atoms with van der Waals surface area (Å²) in [6.45, 7) is 20.6. The maximum absolute atomic E-state index is 2.80. The van der Waals surface area contributed by atoms with Gasteiger partial charge in [-0.25, -0.2) is 0 Å². The summed E-state index contributed by atoms with van der Waals surface area (Å²) < 4.78 is 0. The number of piperidine rings is 2. The fraction of sp³-hybridized carbons (Fsp3) is 1.00. The third-order valence-corrected chi connectivity index (χ3v) is 6.70. The van der Waals surface area contributed by atoms with Gasteiger partial charge >= 0.3 is 0 Å². The van der Waals surface area contributed by atoms with Crippen LogP contribution in [0.15, 0.2) is 0 Å². The standard InChI is InChI=1S/C19H36N4/c1-18(2,3)21-11-14-7-15(12-21)22(14)13-20-9-16-8-17(10-20)23(16)19(4,5)6/h14-17H,7-13H2,1-6H3. The van der Waals surface area contributed by atoms with Crippen LogP contribution in [-0.2, 0) is 0 Å². The van der Waals surface area contributed by atoms with E-state index in [4.69, 9.17) is 0 Å². The van der Waals surface area contributed by atoms with Gasteiger partial charge < -0.3 is 0 Å². The molecule has 0 aliphatic carbocycles. The number of piperazine rings is 2. The maximum Gasteiger partial charge on any atom is 0.0514 e. The molecule has 0 radical (unpaired) electrons. The van der Waals surface area contributed by atoms with Crippen molar-refractivity contribution in [3.63, 3.8) is 0 Å². The minimum absolute atomic E-state index is 0.336. The molecule has 0 aromatic rings. The first-order chi connectivity index (χ1) is 10.6. The molecule has 0 spiro atoms. The van der Waals surface area contributed by atoms with Crippen LogP contribution in [0.1, 0.15) is 54.4 Å². The van der Waals surface area contributed by atoms with E-state index in [9.17, 15) is 0 Å². The number of fused-ring (bicyclic) bond motifs is 4. The van der Waals surface area contributed by atoms with E-state index in [1.807, 2.05) is 0 Å². The number of rotatable bonds is 2. The van der Waals surface area contributed by atoms with Crippen LogP contribution >= 0.6 is 0 Å². The molecule has 6 saturated heterocycles. The molecule has 6 fully saturated rings. The average Bonchev–Trinajstić information content (AvgIpc) is 2.42. The quantitative estimate of drug-likeness (QED) is 0.772. The molecule has 0 amide bonds. The maximum atomic E-state index is 2.80. The average molecular weight is 321 g/mol. The highest BCUT2D eigenvalue weighted by Gasteiger charge is 2.51. The molecule has 23 heavy (non-hydrogen) atoms. The van der Waals surface area contributed by atoms with Gasteiger partial charge in [0, 0.05) is 61.4 Å². The van der Waals surface area contributed by atoms with E-state index in [0.717, 1.165) is 24.2 Å². The second-order valence-electron chi connectivity index (χ2n) is 10.4. The van der Waals surface area contributed by atoms with E-state index < -0.39 is 0 Å². The Kier molecular flexibility index (Phi) is 3.67. The van der Waals surface area contributed by atoms with Gasteiger partial charge in [-0.15, -0.1) is 0 Å². The molecule has 4 bridgehead atoms. The summed E-state index contributed by atoms with van der Waals surface area (Å²) in [4.78, 5) is 11.0. The van der Waals surface area contributed by atoms with Gasteiger partial charge in [-0.1, -0.05) is 0 Å². The molecular weight excluding hydrogens is 284 g/mol. The summed E-state index contributed by atoms with van der Waals surface area (Å²) in [5.41, 5.74) is 0.684. The number of nitrogens with zero attached hydrogens (tertiary/aromatic N) is 4. The summed E-state index contributed by atoms with van der Waals surface area (Å²) in [5.74, 6) is 0. The molecule has 132 valence electrons. The zero-order chi connectivity index (χ0) is 16.6. The van der Waals surface area contributed by atoms with Crippen LogP contribution < -0.4 is 0 Å². The van der Waals surface area contributed by atoms with E-state index in [0.29, 0.717) is 11.1 Å². The fourth-order valence-corrected chi connectivity index (χ4v) is 5.60. The lowest BCUT2D eigenvalue weighted by Gasteiger charge is -2.64. The zero-order valence-corrected chi connectivity index (χ0v) is 16.0. The normalized spacial score (nSPS) is 39.9. The van der Waals surface area contributed by atoms with Crippen molar-refractivity contribution >= 4 is 0 Å². The SMILES string of the molecule is CC(C)(C)N1CC2CC(C1)N2CN1CC2CC(C1)N2C(C)(C)C. The van der Waals surface area contributed by atoms with E-state index >= 15 is 0 Å². The summed E-state index contributed by atoms with van der Waals surface area (Å²) >= 11 is 0. The van der Waals surface area contributed by atoms with Crippen molar-refractivity contribution in [2.45, 2.75) is 89.6 Å². The molecule has 6 heterocycles. The molecule has 6 aliphatic heterocycles. The van der Waals surface area contributed by atoms with E-state index in [1.165, 1.54) is 45.7 Å². The second-order valence-corrected chi connectivity index (χ2v) is 10.4. The van der Waals surface area contributed by atoms with Crippen LogP contribution in [0.25, 0.3) is 0 Å². The molecule has 6 aliphatic rings. The third-order valence-electron chi connectivity index (χ3n) is 6.70.